The lowest BCUT2D eigenvalue weighted by molar-refractivity contribution is 0.184. The molecule has 9 heteroatoms. The number of rotatable bonds is 3. The second-order valence-corrected chi connectivity index (χ2v) is 4.98. The SMILES string of the molecule is CCN(C(=O)n1nnn(-c2ccncc2Cl)c1=O)C(C)C. The van der Waals surface area contributed by atoms with E-state index in [1.807, 2.05) is 20.8 Å². The van der Waals surface area contributed by atoms with Crippen molar-refractivity contribution in [1.29, 1.82) is 0 Å². The summed E-state index contributed by atoms with van der Waals surface area (Å²) in [6.07, 6.45) is 2.86. The maximum atomic E-state index is 12.3. The van der Waals surface area contributed by atoms with Crippen LogP contribution in [-0.2, 0) is 0 Å². The average Bonchev–Trinajstić information content (AvgIpc) is 2.81. The van der Waals surface area contributed by atoms with E-state index >= 15 is 0 Å². The molecular weight excluding hydrogens is 296 g/mol. The fraction of sp³-hybridized carbons (Fsp3) is 0.417. The molecule has 0 fully saturated rings. The van der Waals surface area contributed by atoms with Crippen LogP contribution in [0.4, 0.5) is 4.79 Å². The number of hydrogen-bond acceptors (Lipinski definition) is 5. The Hall–Kier alpha value is -2.22. The van der Waals surface area contributed by atoms with E-state index in [9.17, 15) is 9.59 Å². The van der Waals surface area contributed by atoms with Crippen LogP contribution in [0.1, 0.15) is 20.8 Å². The fourth-order valence-corrected chi connectivity index (χ4v) is 2.10. The Morgan fingerprint density at radius 2 is 2.14 bits per heavy atom. The number of amides is 1. The van der Waals surface area contributed by atoms with Crippen molar-refractivity contribution in [2.45, 2.75) is 26.8 Å². The Labute approximate surface area is 125 Å². The first kappa shape index (κ1) is 15.2. The lowest BCUT2D eigenvalue weighted by Crippen LogP contribution is -2.44. The monoisotopic (exact) mass is 310 g/mol. The van der Waals surface area contributed by atoms with E-state index in [0.717, 1.165) is 9.36 Å². The molecule has 0 saturated carbocycles. The first-order chi connectivity index (χ1) is 9.97. The maximum Gasteiger partial charge on any atom is 0.377 e. The van der Waals surface area contributed by atoms with E-state index < -0.39 is 11.7 Å². The lowest BCUT2D eigenvalue weighted by atomic mass is 10.3. The van der Waals surface area contributed by atoms with E-state index in [-0.39, 0.29) is 11.1 Å². The first-order valence-corrected chi connectivity index (χ1v) is 6.81. The van der Waals surface area contributed by atoms with E-state index in [1.165, 1.54) is 23.4 Å². The van der Waals surface area contributed by atoms with Gasteiger partial charge in [-0.2, -0.15) is 4.68 Å². The van der Waals surface area contributed by atoms with Crippen LogP contribution >= 0.6 is 11.6 Å². The molecule has 112 valence electrons. The summed E-state index contributed by atoms with van der Waals surface area (Å²) in [5.41, 5.74) is -0.351. The summed E-state index contributed by atoms with van der Waals surface area (Å²) in [6, 6.07) is 0.950. The van der Waals surface area contributed by atoms with Gasteiger partial charge in [-0.05, 0) is 37.3 Å². The molecule has 1 amide bonds. The molecule has 0 unspecified atom stereocenters. The van der Waals surface area contributed by atoms with Crippen LogP contribution < -0.4 is 5.69 Å². The third-order valence-corrected chi connectivity index (χ3v) is 3.24. The third kappa shape index (κ3) is 2.80. The van der Waals surface area contributed by atoms with E-state index in [4.69, 9.17) is 11.6 Å². The summed E-state index contributed by atoms with van der Waals surface area (Å²) in [5.74, 6) is 0. The van der Waals surface area contributed by atoms with Crippen LogP contribution in [-0.4, -0.2) is 48.3 Å². The zero-order chi connectivity index (χ0) is 15.6. The molecule has 2 heterocycles. The van der Waals surface area contributed by atoms with Gasteiger partial charge in [0.15, 0.2) is 0 Å². The largest absolute Gasteiger partial charge is 0.377 e. The number of tetrazole rings is 1. The summed E-state index contributed by atoms with van der Waals surface area (Å²) in [5, 5.41) is 7.58. The number of carbonyl (C=O) groups is 1. The van der Waals surface area contributed by atoms with Crippen LogP contribution in [0.5, 0.6) is 0 Å². The molecule has 8 nitrogen and oxygen atoms in total. The summed E-state index contributed by atoms with van der Waals surface area (Å²) in [7, 11) is 0. The van der Waals surface area contributed by atoms with E-state index in [1.54, 1.807) is 0 Å². The van der Waals surface area contributed by atoms with Crippen LogP contribution in [0.25, 0.3) is 5.69 Å². The zero-order valence-electron chi connectivity index (χ0n) is 11.9. The summed E-state index contributed by atoms with van der Waals surface area (Å²) in [6.45, 7) is 6.01. The number of pyridine rings is 1. The molecule has 0 spiro atoms. The quantitative estimate of drug-likeness (QED) is 0.794. The fourth-order valence-electron chi connectivity index (χ4n) is 1.90. The standard InChI is InChI=1S/C12H15ClN6O2/c1-4-17(8(2)3)11(20)19-12(21)18(15-16-19)10-5-6-14-7-9(10)13/h5-8H,4H2,1-3H3. The van der Waals surface area contributed by atoms with Crippen molar-refractivity contribution >= 4 is 17.6 Å². The second-order valence-electron chi connectivity index (χ2n) is 4.57. The molecule has 0 atom stereocenters. The Balaban J connectivity index is 2.45. The van der Waals surface area contributed by atoms with Crippen LogP contribution in [0, 0.1) is 0 Å². The topological polar surface area (TPSA) is 85.9 Å². The average molecular weight is 311 g/mol. The number of hydrogen-bond donors (Lipinski definition) is 0. The number of aromatic nitrogens is 5. The maximum absolute atomic E-state index is 12.3. The highest BCUT2D eigenvalue weighted by Gasteiger charge is 2.22. The lowest BCUT2D eigenvalue weighted by Gasteiger charge is -2.23. The molecule has 0 saturated heterocycles. The molecule has 0 radical (unpaired) electrons. The van der Waals surface area contributed by atoms with Gasteiger partial charge < -0.3 is 4.90 Å². The van der Waals surface area contributed by atoms with Gasteiger partial charge in [0.05, 0.1) is 10.7 Å². The van der Waals surface area contributed by atoms with Gasteiger partial charge in [0.25, 0.3) is 0 Å². The molecule has 0 bridgehead atoms. The van der Waals surface area contributed by atoms with Gasteiger partial charge in [-0.1, -0.05) is 11.6 Å². The molecule has 2 rings (SSSR count). The summed E-state index contributed by atoms with van der Waals surface area (Å²) >= 11 is 5.97. The predicted molar refractivity (Wildman–Crippen MR) is 76.7 cm³/mol. The van der Waals surface area contributed by atoms with Crippen molar-refractivity contribution < 1.29 is 4.79 Å². The van der Waals surface area contributed by atoms with Crippen molar-refractivity contribution in [3.63, 3.8) is 0 Å². The molecule has 0 aliphatic heterocycles. The van der Waals surface area contributed by atoms with E-state index in [0.29, 0.717) is 12.2 Å². The minimum atomic E-state index is -0.674. The third-order valence-electron chi connectivity index (χ3n) is 2.95. The van der Waals surface area contributed by atoms with Crippen LogP contribution in [0.15, 0.2) is 23.3 Å². The van der Waals surface area contributed by atoms with Crippen molar-refractivity contribution in [3.05, 3.63) is 34.0 Å². The first-order valence-electron chi connectivity index (χ1n) is 6.43. The van der Waals surface area contributed by atoms with Gasteiger partial charge in [0, 0.05) is 25.0 Å². The van der Waals surface area contributed by atoms with Gasteiger partial charge in [-0.25, -0.2) is 9.59 Å². The minimum absolute atomic E-state index is 0.0518. The molecular formula is C12H15ClN6O2. The molecule has 21 heavy (non-hydrogen) atoms. The highest BCUT2D eigenvalue weighted by atomic mass is 35.5. The van der Waals surface area contributed by atoms with Crippen LogP contribution in [0.3, 0.4) is 0 Å². The highest BCUT2D eigenvalue weighted by Crippen LogP contribution is 2.15. The molecule has 0 N–H and O–H groups in total. The Morgan fingerprint density at radius 3 is 2.71 bits per heavy atom. The minimum Gasteiger partial charge on any atom is -0.321 e. The molecule has 2 aromatic rings. The predicted octanol–water partition coefficient (Wildman–Crippen LogP) is 1.18. The number of halogens is 1. The number of nitrogens with zero attached hydrogens (tertiary/aromatic N) is 6. The van der Waals surface area contributed by atoms with Gasteiger partial charge in [-0.15, -0.1) is 4.68 Å². The number of carbonyl (C=O) groups excluding carboxylic acids is 1. The second kappa shape index (κ2) is 6.04. The van der Waals surface area contributed by atoms with Crippen molar-refractivity contribution in [3.8, 4) is 5.69 Å². The molecule has 0 aliphatic carbocycles. The Morgan fingerprint density at radius 1 is 1.43 bits per heavy atom. The molecule has 2 aromatic heterocycles. The van der Waals surface area contributed by atoms with E-state index in [2.05, 4.69) is 15.4 Å². The van der Waals surface area contributed by atoms with Gasteiger partial charge in [0.2, 0.25) is 0 Å². The normalized spacial score (nSPS) is 10.9. The molecule has 0 aliphatic rings. The van der Waals surface area contributed by atoms with Gasteiger partial charge in [0.1, 0.15) is 0 Å². The Bertz CT molecular complexity index is 708. The van der Waals surface area contributed by atoms with Crippen molar-refractivity contribution in [2.75, 3.05) is 6.54 Å². The van der Waals surface area contributed by atoms with Gasteiger partial charge >= 0.3 is 11.7 Å². The summed E-state index contributed by atoms with van der Waals surface area (Å²) < 4.78 is 1.69. The zero-order valence-corrected chi connectivity index (χ0v) is 12.7. The molecule has 0 aromatic carbocycles. The Kier molecular flexibility index (Phi) is 4.37. The summed E-state index contributed by atoms with van der Waals surface area (Å²) in [4.78, 5) is 29.9. The smallest absolute Gasteiger partial charge is 0.321 e. The van der Waals surface area contributed by atoms with Crippen molar-refractivity contribution in [1.82, 2.24) is 29.7 Å². The highest BCUT2D eigenvalue weighted by molar-refractivity contribution is 6.32. The van der Waals surface area contributed by atoms with Crippen molar-refractivity contribution in [2.24, 2.45) is 0 Å². The van der Waals surface area contributed by atoms with Gasteiger partial charge in [-0.3, -0.25) is 4.98 Å². The van der Waals surface area contributed by atoms with Crippen LogP contribution in [0.2, 0.25) is 5.02 Å².